The molecule has 116 valence electrons. The van der Waals surface area contributed by atoms with Crippen molar-refractivity contribution in [3.8, 4) is 0 Å². The van der Waals surface area contributed by atoms with Gasteiger partial charge in [-0.15, -0.1) is 0 Å². The molecule has 4 nitrogen and oxygen atoms in total. The van der Waals surface area contributed by atoms with Crippen molar-refractivity contribution in [1.29, 1.82) is 0 Å². The van der Waals surface area contributed by atoms with Gasteiger partial charge in [0, 0.05) is 25.8 Å². The van der Waals surface area contributed by atoms with Crippen LogP contribution in [0.5, 0.6) is 0 Å². The minimum Gasteiger partial charge on any atom is -0.396 e. The molecule has 1 saturated heterocycles. The summed E-state index contributed by atoms with van der Waals surface area (Å²) in [6.45, 7) is 3.63. The lowest BCUT2D eigenvalue weighted by atomic mass is 10.1. The van der Waals surface area contributed by atoms with E-state index in [0.717, 1.165) is 25.3 Å². The topological polar surface area (TPSA) is 55.6 Å². The predicted octanol–water partition coefficient (Wildman–Crippen LogP) is 2.58. The molecule has 1 aromatic carbocycles. The van der Waals surface area contributed by atoms with Gasteiger partial charge in [0.15, 0.2) is 0 Å². The lowest BCUT2D eigenvalue weighted by Gasteiger charge is -2.32. The zero-order valence-corrected chi connectivity index (χ0v) is 12.1. The number of benzene rings is 1. The molecular formula is C15H20F2N2O2. The van der Waals surface area contributed by atoms with Crippen LogP contribution in [0.2, 0.25) is 0 Å². The number of carbonyl (C=O) groups is 1. The Kier molecular flexibility index (Phi) is 5.12. The molecule has 1 atom stereocenters. The molecule has 1 aliphatic rings. The number of halogens is 2. The van der Waals surface area contributed by atoms with Crippen molar-refractivity contribution < 1.29 is 18.3 Å². The first-order valence-corrected chi connectivity index (χ1v) is 7.18. The first kappa shape index (κ1) is 15.7. The monoisotopic (exact) mass is 298 g/mol. The molecule has 0 radical (unpaired) electrons. The Morgan fingerprint density at radius 1 is 1.43 bits per heavy atom. The van der Waals surface area contributed by atoms with Gasteiger partial charge in [0.25, 0.3) is 5.91 Å². The van der Waals surface area contributed by atoms with Gasteiger partial charge in [-0.05, 0) is 25.3 Å². The third-order valence-electron chi connectivity index (χ3n) is 3.54. The van der Waals surface area contributed by atoms with Crippen LogP contribution in [0.15, 0.2) is 12.1 Å². The van der Waals surface area contributed by atoms with Crippen LogP contribution < -0.4 is 5.73 Å². The lowest BCUT2D eigenvalue weighted by molar-refractivity contribution is 0.00196. The van der Waals surface area contributed by atoms with Crippen molar-refractivity contribution in [2.24, 2.45) is 0 Å². The van der Waals surface area contributed by atoms with Crippen molar-refractivity contribution in [2.75, 3.05) is 25.4 Å². The van der Waals surface area contributed by atoms with Crippen LogP contribution >= 0.6 is 0 Å². The molecule has 2 rings (SSSR count). The van der Waals surface area contributed by atoms with Crippen LogP contribution in [-0.2, 0) is 4.74 Å². The number of hydrogen-bond donors (Lipinski definition) is 1. The van der Waals surface area contributed by atoms with Crippen molar-refractivity contribution in [3.63, 3.8) is 0 Å². The summed E-state index contributed by atoms with van der Waals surface area (Å²) in [6.07, 6.45) is 2.58. The van der Waals surface area contributed by atoms with E-state index >= 15 is 0 Å². The standard InChI is InChI=1S/C15H20F2N2O2/c1-2-6-21-10-4-3-5-19(9-10)15(20)11-7-14(18)13(17)8-12(11)16/h7-8,10H,2-6,9,18H2,1H3. The fourth-order valence-electron chi connectivity index (χ4n) is 2.44. The van der Waals surface area contributed by atoms with Crippen LogP contribution in [0.4, 0.5) is 14.5 Å². The number of hydrogen-bond acceptors (Lipinski definition) is 3. The highest BCUT2D eigenvalue weighted by atomic mass is 19.1. The number of nitrogen functional groups attached to an aromatic ring is 1. The maximum atomic E-state index is 13.8. The molecule has 21 heavy (non-hydrogen) atoms. The van der Waals surface area contributed by atoms with Crippen LogP contribution in [0, 0.1) is 11.6 Å². The summed E-state index contributed by atoms with van der Waals surface area (Å²) in [7, 11) is 0. The Labute approximate surface area is 122 Å². The third-order valence-corrected chi connectivity index (χ3v) is 3.54. The highest BCUT2D eigenvalue weighted by Gasteiger charge is 2.27. The van der Waals surface area contributed by atoms with Crippen molar-refractivity contribution in [2.45, 2.75) is 32.3 Å². The summed E-state index contributed by atoms with van der Waals surface area (Å²) < 4.78 is 32.6. The van der Waals surface area contributed by atoms with E-state index in [9.17, 15) is 13.6 Å². The SMILES string of the molecule is CCCOC1CCCN(C(=O)c2cc(N)c(F)cc2F)C1. The molecule has 1 heterocycles. The molecule has 1 unspecified atom stereocenters. The molecule has 6 heteroatoms. The van der Waals surface area contributed by atoms with Gasteiger partial charge in [0.1, 0.15) is 11.6 Å². The third kappa shape index (κ3) is 3.69. The number of rotatable bonds is 4. The normalized spacial score (nSPS) is 18.8. The Bertz CT molecular complexity index is 523. The second-order valence-electron chi connectivity index (χ2n) is 5.24. The largest absolute Gasteiger partial charge is 0.396 e. The van der Waals surface area contributed by atoms with E-state index in [1.54, 1.807) is 4.90 Å². The number of likely N-dealkylation sites (tertiary alicyclic amines) is 1. The van der Waals surface area contributed by atoms with Crippen LogP contribution in [0.25, 0.3) is 0 Å². The molecule has 1 fully saturated rings. The zero-order valence-electron chi connectivity index (χ0n) is 12.1. The summed E-state index contributed by atoms with van der Waals surface area (Å²) in [5, 5.41) is 0. The van der Waals surface area contributed by atoms with Crippen LogP contribution in [0.1, 0.15) is 36.5 Å². The van der Waals surface area contributed by atoms with Gasteiger partial charge in [-0.25, -0.2) is 8.78 Å². The molecule has 0 aliphatic carbocycles. The van der Waals surface area contributed by atoms with Gasteiger partial charge < -0.3 is 15.4 Å². The van der Waals surface area contributed by atoms with Crippen molar-refractivity contribution in [3.05, 3.63) is 29.3 Å². The molecule has 0 spiro atoms. The van der Waals surface area contributed by atoms with Gasteiger partial charge in [-0.2, -0.15) is 0 Å². The summed E-state index contributed by atoms with van der Waals surface area (Å²) in [4.78, 5) is 13.9. The van der Waals surface area contributed by atoms with Crippen LogP contribution in [0.3, 0.4) is 0 Å². The highest BCUT2D eigenvalue weighted by Crippen LogP contribution is 2.21. The quantitative estimate of drug-likeness (QED) is 0.869. The van der Waals surface area contributed by atoms with E-state index in [1.807, 2.05) is 6.92 Å². The molecule has 2 N–H and O–H groups in total. The molecular weight excluding hydrogens is 278 g/mol. The Balaban J connectivity index is 2.10. The first-order chi connectivity index (χ1) is 10.0. The second-order valence-corrected chi connectivity index (χ2v) is 5.24. The van der Waals surface area contributed by atoms with Crippen molar-refractivity contribution >= 4 is 11.6 Å². The van der Waals surface area contributed by atoms with Crippen molar-refractivity contribution in [1.82, 2.24) is 4.90 Å². The minimum atomic E-state index is -0.886. The van der Waals surface area contributed by atoms with E-state index in [1.165, 1.54) is 0 Å². The minimum absolute atomic E-state index is 0.0245. The summed E-state index contributed by atoms with van der Waals surface area (Å²) >= 11 is 0. The summed E-state index contributed by atoms with van der Waals surface area (Å²) in [5.74, 6) is -2.21. The number of amides is 1. The number of nitrogens with two attached hydrogens (primary N) is 1. The summed E-state index contributed by atoms with van der Waals surface area (Å²) in [6, 6.07) is 1.71. The number of carbonyl (C=O) groups excluding carboxylic acids is 1. The Morgan fingerprint density at radius 3 is 2.90 bits per heavy atom. The van der Waals surface area contributed by atoms with Gasteiger partial charge >= 0.3 is 0 Å². The van der Waals surface area contributed by atoms with E-state index in [-0.39, 0.29) is 17.4 Å². The Hall–Kier alpha value is -1.69. The number of nitrogens with zero attached hydrogens (tertiary/aromatic N) is 1. The van der Waals surface area contributed by atoms with E-state index < -0.39 is 17.5 Å². The molecule has 0 aromatic heterocycles. The maximum Gasteiger partial charge on any atom is 0.256 e. The first-order valence-electron chi connectivity index (χ1n) is 7.18. The highest BCUT2D eigenvalue weighted by molar-refractivity contribution is 5.95. The molecule has 1 amide bonds. The Morgan fingerprint density at radius 2 is 2.19 bits per heavy atom. The van der Waals surface area contributed by atoms with Gasteiger partial charge in [-0.1, -0.05) is 6.92 Å². The lowest BCUT2D eigenvalue weighted by Crippen LogP contribution is -2.43. The molecule has 1 aromatic rings. The number of anilines is 1. The van der Waals surface area contributed by atoms with Gasteiger partial charge in [-0.3, -0.25) is 4.79 Å². The maximum absolute atomic E-state index is 13.8. The average Bonchev–Trinajstić information content (AvgIpc) is 2.48. The predicted molar refractivity (Wildman–Crippen MR) is 75.9 cm³/mol. The molecule has 0 bridgehead atoms. The summed E-state index contributed by atoms with van der Waals surface area (Å²) in [5.41, 5.74) is 5.00. The van der Waals surface area contributed by atoms with E-state index in [2.05, 4.69) is 0 Å². The number of piperidine rings is 1. The van der Waals surface area contributed by atoms with Crippen LogP contribution in [-0.4, -0.2) is 36.6 Å². The van der Waals surface area contributed by atoms with Gasteiger partial charge in [0.05, 0.1) is 17.4 Å². The van der Waals surface area contributed by atoms with Gasteiger partial charge in [0.2, 0.25) is 0 Å². The zero-order chi connectivity index (χ0) is 15.4. The van der Waals surface area contributed by atoms with E-state index in [4.69, 9.17) is 10.5 Å². The molecule has 0 saturated carbocycles. The average molecular weight is 298 g/mol. The fraction of sp³-hybridized carbons (Fsp3) is 0.533. The number of ether oxygens (including phenoxy) is 1. The molecule has 1 aliphatic heterocycles. The fourth-order valence-corrected chi connectivity index (χ4v) is 2.44. The van der Waals surface area contributed by atoms with E-state index in [0.29, 0.717) is 25.8 Å². The smallest absolute Gasteiger partial charge is 0.256 e. The second kappa shape index (κ2) is 6.85.